The van der Waals surface area contributed by atoms with E-state index in [0.717, 1.165) is 53.1 Å². The fourth-order valence-corrected chi connectivity index (χ4v) is 3.85. The fourth-order valence-electron chi connectivity index (χ4n) is 3.13. The number of hydrogen-bond acceptors (Lipinski definition) is 5. The van der Waals surface area contributed by atoms with Gasteiger partial charge in [-0.15, -0.1) is 5.10 Å². The molecule has 156 valence electrons. The minimum Gasteiger partial charge on any atom is -0.478 e. The number of carboxylic acid groups (broad SMARTS) is 2. The average Bonchev–Trinajstić information content (AvgIpc) is 3.25. The molecular weight excluding hydrogens is 404 g/mol. The molecular formula is C21H22N4O4S. The number of thioether (sulfide) groups is 1. The first-order chi connectivity index (χ1) is 14.3. The number of aryl methyl sites for hydroxylation is 2. The van der Waals surface area contributed by atoms with Gasteiger partial charge >= 0.3 is 11.9 Å². The number of hydrogen-bond donors (Lipinski definition) is 3. The number of benzene rings is 1. The lowest BCUT2D eigenvalue weighted by Gasteiger charge is -2.10. The zero-order valence-corrected chi connectivity index (χ0v) is 17.7. The SMILES string of the molecule is CCCc1nc(S/C(=C\c2cc(C)n(-c3ccc(C(=O)O)cc3)c2C)C(=O)O)n[nH]1. The second-order valence-corrected chi connectivity index (χ2v) is 7.75. The molecule has 0 aliphatic rings. The van der Waals surface area contributed by atoms with E-state index in [1.54, 1.807) is 30.3 Å². The Morgan fingerprint density at radius 2 is 1.90 bits per heavy atom. The van der Waals surface area contributed by atoms with Gasteiger partial charge in [0.1, 0.15) is 10.7 Å². The molecule has 0 amide bonds. The number of aromatic amines is 1. The molecule has 3 aromatic rings. The first kappa shape index (κ1) is 21.4. The van der Waals surface area contributed by atoms with Crippen molar-refractivity contribution in [2.75, 3.05) is 0 Å². The van der Waals surface area contributed by atoms with Gasteiger partial charge in [0, 0.05) is 23.5 Å². The van der Waals surface area contributed by atoms with E-state index in [2.05, 4.69) is 15.2 Å². The molecule has 0 atom stereocenters. The highest BCUT2D eigenvalue weighted by atomic mass is 32.2. The van der Waals surface area contributed by atoms with Crippen molar-refractivity contribution in [2.45, 2.75) is 38.8 Å². The quantitative estimate of drug-likeness (QED) is 0.366. The number of carbonyl (C=O) groups is 2. The standard InChI is InChI=1S/C21H22N4O4S/c1-4-5-18-22-21(24-23-18)30-17(20(28)29)11-15-10-12(2)25(13(15)3)16-8-6-14(7-9-16)19(26)27/h6-11H,4-5H2,1-3H3,(H,26,27)(H,28,29)(H,22,23,24)/b17-11-. The van der Waals surface area contributed by atoms with Gasteiger partial charge in [0.25, 0.3) is 0 Å². The van der Waals surface area contributed by atoms with Crippen molar-refractivity contribution in [1.82, 2.24) is 19.7 Å². The molecule has 0 saturated heterocycles. The highest BCUT2D eigenvalue weighted by molar-refractivity contribution is 8.04. The van der Waals surface area contributed by atoms with E-state index < -0.39 is 11.9 Å². The molecule has 0 unspecified atom stereocenters. The lowest BCUT2D eigenvalue weighted by Crippen LogP contribution is -2.01. The summed E-state index contributed by atoms with van der Waals surface area (Å²) in [6.07, 6.45) is 3.27. The van der Waals surface area contributed by atoms with Crippen LogP contribution in [0.2, 0.25) is 0 Å². The number of aromatic nitrogens is 4. The van der Waals surface area contributed by atoms with Crippen LogP contribution in [0.3, 0.4) is 0 Å². The molecule has 0 aliphatic heterocycles. The number of rotatable bonds is 8. The van der Waals surface area contributed by atoms with E-state index in [9.17, 15) is 14.7 Å². The molecule has 30 heavy (non-hydrogen) atoms. The molecule has 0 saturated carbocycles. The number of carboxylic acids is 2. The smallest absolute Gasteiger partial charge is 0.342 e. The van der Waals surface area contributed by atoms with Gasteiger partial charge in [0.05, 0.1) is 5.56 Å². The normalized spacial score (nSPS) is 11.6. The number of aliphatic carboxylic acids is 1. The van der Waals surface area contributed by atoms with Crippen LogP contribution in [0.5, 0.6) is 0 Å². The minimum atomic E-state index is -1.06. The van der Waals surface area contributed by atoms with Crippen LogP contribution in [0, 0.1) is 13.8 Å². The Morgan fingerprint density at radius 1 is 1.20 bits per heavy atom. The molecule has 0 aliphatic carbocycles. The highest BCUT2D eigenvalue weighted by Gasteiger charge is 2.16. The molecule has 0 fully saturated rings. The molecule has 3 N–H and O–H groups in total. The third-order valence-electron chi connectivity index (χ3n) is 4.54. The minimum absolute atomic E-state index is 0.110. The van der Waals surface area contributed by atoms with Gasteiger partial charge in [-0.1, -0.05) is 6.92 Å². The summed E-state index contributed by atoms with van der Waals surface area (Å²) in [6, 6.07) is 8.44. The summed E-state index contributed by atoms with van der Waals surface area (Å²) in [7, 11) is 0. The van der Waals surface area contributed by atoms with Gasteiger partial charge < -0.3 is 14.8 Å². The van der Waals surface area contributed by atoms with Crippen LogP contribution in [0.15, 0.2) is 40.4 Å². The van der Waals surface area contributed by atoms with E-state index in [4.69, 9.17) is 5.11 Å². The van der Waals surface area contributed by atoms with Crippen molar-refractivity contribution in [3.8, 4) is 5.69 Å². The second kappa shape index (κ2) is 9.00. The number of H-pyrrole nitrogens is 1. The van der Waals surface area contributed by atoms with Crippen LogP contribution in [0.4, 0.5) is 0 Å². The molecule has 0 bridgehead atoms. The predicted octanol–water partition coefficient (Wildman–Crippen LogP) is 4.08. The Balaban J connectivity index is 1.93. The molecule has 0 radical (unpaired) electrons. The maximum absolute atomic E-state index is 11.8. The highest BCUT2D eigenvalue weighted by Crippen LogP contribution is 2.29. The summed E-state index contributed by atoms with van der Waals surface area (Å²) in [6.45, 7) is 5.83. The van der Waals surface area contributed by atoms with Crippen molar-refractivity contribution < 1.29 is 19.8 Å². The fraction of sp³-hybridized carbons (Fsp3) is 0.238. The Hall–Kier alpha value is -3.33. The summed E-state index contributed by atoms with van der Waals surface area (Å²) in [5.74, 6) is -1.31. The number of nitrogens with zero attached hydrogens (tertiary/aromatic N) is 3. The zero-order chi connectivity index (χ0) is 21.8. The number of nitrogens with one attached hydrogen (secondary N) is 1. The van der Waals surface area contributed by atoms with Crippen molar-refractivity contribution in [2.24, 2.45) is 0 Å². The predicted molar refractivity (Wildman–Crippen MR) is 114 cm³/mol. The van der Waals surface area contributed by atoms with E-state index in [0.29, 0.717) is 5.16 Å². The molecule has 3 rings (SSSR count). The van der Waals surface area contributed by atoms with E-state index in [1.165, 1.54) is 0 Å². The Bertz CT molecular complexity index is 1110. The van der Waals surface area contributed by atoms with Crippen LogP contribution < -0.4 is 0 Å². The summed E-state index contributed by atoms with van der Waals surface area (Å²) in [5, 5.41) is 26.0. The lowest BCUT2D eigenvalue weighted by molar-refractivity contribution is -0.131. The van der Waals surface area contributed by atoms with Crippen LogP contribution >= 0.6 is 11.8 Å². The van der Waals surface area contributed by atoms with E-state index >= 15 is 0 Å². The largest absolute Gasteiger partial charge is 0.478 e. The molecule has 8 nitrogen and oxygen atoms in total. The zero-order valence-electron chi connectivity index (χ0n) is 16.8. The van der Waals surface area contributed by atoms with Gasteiger partial charge in [0.15, 0.2) is 0 Å². The summed E-state index contributed by atoms with van der Waals surface area (Å²) < 4.78 is 1.95. The lowest BCUT2D eigenvalue weighted by atomic mass is 10.2. The number of aromatic carboxylic acids is 1. The van der Waals surface area contributed by atoms with E-state index in [-0.39, 0.29) is 10.5 Å². The Labute approximate surface area is 177 Å². The van der Waals surface area contributed by atoms with Crippen LogP contribution in [-0.4, -0.2) is 41.9 Å². The monoisotopic (exact) mass is 426 g/mol. The van der Waals surface area contributed by atoms with Gasteiger partial charge in [-0.25, -0.2) is 14.6 Å². The Morgan fingerprint density at radius 3 is 2.50 bits per heavy atom. The topological polar surface area (TPSA) is 121 Å². The van der Waals surface area contributed by atoms with Crippen molar-refractivity contribution >= 4 is 29.8 Å². The van der Waals surface area contributed by atoms with Crippen LogP contribution in [0.1, 0.15) is 46.5 Å². The summed E-state index contributed by atoms with van der Waals surface area (Å²) in [5.41, 5.74) is 3.51. The maximum atomic E-state index is 11.8. The summed E-state index contributed by atoms with van der Waals surface area (Å²) >= 11 is 0.997. The van der Waals surface area contributed by atoms with Crippen LogP contribution in [0.25, 0.3) is 11.8 Å². The van der Waals surface area contributed by atoms with Gasteiger partial charge in [-0.2, -0.15) is 0 Å². The van der Waals surface area contributed by atoms with Crippen LogP contribution in [-0.2, 0) is 11.2 Å². The third kappa shape index (κ3) is 4.62. The maximum Gasteiger partial charge on any atom is 0.342 e. The molecule has 2 heterocycles. The van der Waals surface area contributed by atoms with Crippen molar-refractivity contribution in [3.63, 3.8) is 0 Å². The van der Waals surface area contributed by atoms with Gasteiger partial charge in [0.2, 0.25) is 5.16 Å². The Kier molecular flexibility index (Phi) is 6.41. The molecule has 9 heteroatoms. The summed E-state index contributed by atoms with van der Waals surface area (Å²) in [4.78, 5) is 27.3. The first-order valence-corrected chi connectivity index (χ1v) is 10.2. The second-order valence-electron chi connectivity index (χ2n) is 6.74. The molecule has 1 aromatic carbocycles. The van der Waals surface area contributed by atoms with E-state index in [1.807, 2.05) is 31.4 Å². The van der Waals surface area contributed by atoms with Gasteiger partial charge in [-0.05, 0) is 74.0 Å². The van der Waals surface area contributed by atoms with Gasteiger partial charge in [-0.3, -0.25) is 5.10 Å². The first-order valence-electron chi connectivity index (χ1n) is 9.37. The molecule has 0 spiro atoms. The third-order valence-corrected chi connectivity index (χ3v) is 5.42. The average molecular weight is 426 g/mol. The molecule has 2 aromatic heterocycles. The van der Waals surface area contributed by atoms with Crippen molar-refractivity contribution in [3.05, 3.63) is 63.6 Å². The van der Waals surface area contributed by atoms with Crippen molar-refractivity contribution in [1.29, 1.82) is 0 Å².